The lowest BCUT2D eigenvalue weighted by Gasteiger charge is -2.40. The summed E-state index contributed by atoms with van der Waals surface area (Å²) in [6.45, 7) is 9.69. The molecule has 2 aromatic carbocycles. The summed E-state index contributed by atoms with van der Waals surface area (Å²) in [5.41, 5.74) is 0.161. The van der Waals surface area contributed by atoms with Gasteiger partial charge in [0.2, 0.25) is 0 Å². The Morgan fingerprint density at radius 1 is 1.00 bits per heavy atom. The van der Waals surface area contributed by atoms with Gasteiger partial charge in [0.1, 0.15) is 17.7 Å². The van der Waals surface area contributed by atoms with E-state index in [2.05, 4.69) is 4.74 Å². The van der Waals surface area contributed by atoms with Gasteiger partial charge in [-0.2, -0.15) is 0 Å². The molecule has 1 aliphatic heterocycles. The zero-order valence-electron chi connectivity index (χ0n) is 18.3. The summed E-state index contributed by atoms with van der Waals surface area (Å²) in [6, 6.07) is 5.39. The van der Waals surface area contributed by atoms with Crippen LogP contribution >= 0.6 is 11.6 Å². The minimum atomic E-state index is -4.85. The van der Waals surface area contributed by atoms with E-state index >= 15 is 0 Å². The molecule has 1 saturated heterocycles. The fraction of sp³-hybridized carbons (Fsp3) is 0.409. The molecule has 0 aromatic heterocycles. The van der Waals surface area contributed by atoms with Gasteiger partial charge >= 0.3 is 6.36 Å². The van der Waals surface area contributed by atoms with Gasteiger partial charge in [0, 0.05) is 11.8 Å². The Labute approximate surface area is 188 Å². The molecule has 3 rings (SSSR count). The summed E-state index contributed by atoms with van der Waals surface area (Å²) in [7, 11) is 0. The van der Waals surface area contributed by atoms with Crippen molar-refractivity contribution >= 4 is 23.1 Å². The molecule has 0 aliphatic carbocycles. The lowest BCUT2D eigenvalue weighted by atomic mass is 10.1. The minimum Gasteiger partial charge on any atom is -0.484 e. The molecular formula is C22H25ClF5NO3. The Hall–Kier alpha value is -2.55. The third-order valence-electron chi connectivity index (χ3n) is 4.05. The van der Waals surface area contributed by atoms with Crippen molar-refractivity contribution in [2.75, 3.05) is 18.0 Å². The number of ether oxygens (including phenoxy) is 2. The van der Waals surface area contributed by atoms with E-state index in [1.165, 1.54) is 12.1 Å². The van der Waals surface area contributed by atoms with E-state index in [1.807, 2.05) is 27.7 Å². The van der Waals surface area contributed by atoms with E-state index in [0.29, 0.717) is 5.69 Å². The molecule has 0 atom stereocenters. The van der Waals surface area contributed by atoms with Crippen molar-refractivity contribution in [2.24, 2.45) is 0 Å². The number of Topliss-reactive ketones (excluding diaryl/α,β-unsaturated/α-hetero) is 1. The molecular weight excluding hydrogens is 457 g/mol. The van der Waals surface area contributed by atoms with Crippen LogP contribution in [-0.4, -0.2) is 31.3 Å². The van der Waals surface area contributed by atoms with Crippen LogP contribution in [-0.2, 0) is 0 Å². The van der Waals surface area contributed by atoms with Crippen LogP contribution < -0.4 is 14.4 Å². The first-order valence-corrected chi connectivity index (χ1v) is 10.4. The zero-order chi connectivity index (χ0) is 24.6. The van der Waals surface area contributed by atoms with Gasteiger partial charge in [0.15, 0.2) is 17.3 Å². The molecule has 2 aromatic rings. The predicted octanol–water partition coefficient (Wildman–Crippen LogP) is 7.04. The number of carbonyl (C=O) groups is 1. The fourth-order valence-electron chi connectivity index (χ4n) is 2.69. The van der Waals surface area contributed by atoms with E-state index in [0.717, 1.165) is 25.1 Å². The normalized spacial score (nSPS) is 13.2. The summed E-state index contributed by atoms with van der Waals surface area (Å²) < 4.78 is 73.8. The van der Waals surface area contributed by atoms with Crippen molar-refractivity contribution in [2.45, 2.75) is 47.1 Å². The average Bonchev–Trinajstić information content (AvgIpc) is 2.70. The van der Waals surface area contributed by atoms with Crippen molar-refractivity contribution < 1.29 is 36.2 Å². The van der Waals surface area contributed by atoms with Crippen LogP contribution in [0.4, 0.5) is 27.6 Å². The highest BCUT2D eigenvalue weighted by Gasteiger charge is 2.33. The standard InChI is InChI=1S/C18H13ClF5NO3.2C2H6/c1-9(26)12-5-15(21)17(6-14(12)20)27-11-7-25(8-11)10-2-3-16(13(19)4-10)28-18(22,23)24;2*1-2/h2-6,11H,7-8H2,1H3;2*1-2H3. The number of benzene rings is 2. The van der Waals surface area contributed by atoms with E-state index in [-0.39, 0.29) is 29.4 Å². The summed E-state index contributed by atoms with van der Waals surface area (Å²) >= 11 is 5.80. The molecule has 4 nitrogen and oxygen atoms in total. The first-order valence-electron chi connectivity index (χ1n) is 10.0. The van der Waals surface area contributed by atoms with Crippen molar-refractivity contribution in [3.8, 4) is 11.5 Å². The molecule has 0 unspecified atom stereocenters. The Kier molecular flexibility index (Phi) is 10.2. The molecule has 0 bridgehead atoms. The first kappa shape index (κ1) is 27.5. The Morgan fingerprint density at radius 3 is 2.09 bits per heavy atom. The molecule has 10 heteroatoms. The molecule has 0 radical (unpaired) electrons. The first-order chi connectivity index (χ1) is 15.0. The monoisotopic (exact) mass is 481 g/mol. The van der Waals surface area contributed by atoms with Gasteiger partial charge < -0.3 is 14.4 Å². The molecule has 1 aliphatic rings. The Balaban J connectivity index is 0.00000121. The number of alkyl halides is 3. The van der Waals surface area contributed by atoms with Gasteiger partial charge in [-0.05, 0) is 31.2 Å². The number of anilines is 1. The largest absolute Gasteiger partial charge is 0.573 e. The molecule has 178 valence electrons. The highest BCUT2D eigenvalue weighted by Crippen LogP contribution is 2.35. The number of rotatable bonds is 5. The summed E-state index contributed by atoms with van der Waals surface area (Å²) in [5, 5.41) is -0.216. The van der Waals surface area contributed by atoms with Crippen LogP contribution in [0.15, 0.2) is 30.3 Å². The maximum absolute atomic E-state index is 14.0. The number of hydrogen-bond donors (Lipinski definition) is 0. The van der Waals surface area contributed by atoms with Gasteiger partial charge in [0.25, 0.3) is 0 Å². The van der Waals surface area contributed by atoms with Gasteiger partial charge in [0.05, 0.1) is 23.7 Å². The second-order valence-electron chi connectivity index (χ2n) is 6.13. The van der Waals surface area contributed by atoms with Crippen LogP contribution in [0.1, 0.15) is 45.0 Å². The van der Waals surface area contributed by atoms with E-state index in [9.17, 15) is 26.7 Å². The molecule has 0 saturated carbocycles. The lowest BCUT2D eigenvalue weighted by molar-refractivity contribution is -0.274. The van der Waals surface area contributed by atoms with Crippen LogP contribution in [0.5, 0.6) is 11.5 Å². The van der Waals surface area contributed by atoms with Crippen LogP contribution in [0.25, 0.3) is 0 Å². The minimum absolute atomic E-state index is 0.216. The highest BCUT2D eigenvalue weighted by molar-refractivity contribution is 6.32. The topological polar surface area (TPSA) is 38.8 Å². The van der Waals surface area contributed by atoms with Crippen molar-refractivity contribution in [3.63, 3.8) is 0 Å². The van der Waals surface area contributed by atoms with Gasteiger partial charge in [-0.3, -0.25) is 4.79 Å². The zero-order valence-corrected chi connectivity index (χ0v) is 19.1. The third kappa shape index (κ3) is 7.25. The number of hydrogen-bond acceptors (Lipinski definition) is 4. The SMILES string of the molecule is CC.CC.CC(=O)c1cc(F)c(OC2CN(c3ccc(OC(F)(F)F)c(Cl)c3)C2)cc1F. The number of carbonyl (C=O) groups excluding carboxylic acids is 1. The molecule has 0 N–H and O–H groups in total. The second-order valence-corrected chi connectivity index (χ2v) is 6.53. The van der Waals surface area contributed by atoms with E-state index in [1.54, 1.807) is 4.90 Å². The van der Waals surface area contributed by atoms with Crippen LogP contribution in [0.2, 0.25) is 5.02 Å². The Bertz CT molecular complexity index is 915. The number of nitrogens with zero attached hydrogens (tertiary/aromatic N) is 1. The number of halogens is 6. The number of ketones is 1. The predicted molar refractivity (Wildman–Crippen MR) is 114 cm³/mol. The molecule has 0 amide bonds. The van der Waals surface area contributed by atoms with Crippen LogP contribution in [0, 0.1) is 11.6 Å². The van der Waals surface area contributed by atoms with E-state index < -0.39 is 35.6 Å². The molecule has 1 heterocycles. The fourth-order valence-corrected chi connectivity index (χ4v) is 2.90. The van der Waals surface area contributed by atoms with Crippen molar-refractivity contribution in [1.29, 1.82) is 0 Å². The van der Waals surface area contributed by atoms with E-state index in [4.69, 9.17) is 16.3 Å². The average molecular weight is 482 g/mol. The quantitative estimate of drug-likeness (QED) is 0.339. The molecule has 0 spiro atoms. The summed E-state index contributed by atoms with van der Waals surface area (Å²) in [5.74, 6) is -3.19. The summed E-state index contributed by atoms with van der Waals surface area (Å²) in [4.78, 5) is 12.9. The lowest BCUT2D eigenvalue weighted by Crippen LogP contribution is -2.54. The van der Waals surface area contributed by atoms with Crippen molar-refractivity contribution in [1.82, 2.24) is 0 Å². The van der Waals surface area contributed by atoms with Gasteiger partial charge in [-0.25, -0.2) is 8.78 Å². The molecule has 1 fully saturated rings. The van der Waals surface area contributed by atoms with Gasteiger partial charge in [-0.1, -0.05) is 39.3 Å². The summed E-state index contributed by atoms with van der Waals surface area (Å²) in [6.07, 6.45) is -5.32. The maximum Gasteiger partial charge on any atom is 0.573 e. The smallest absolute Gasteiger partial charge is 0.484 e. The molecule has 32 heavy (non-hydrogen) atoms. The van der Waals surface area contributed by atoms with Crippen molar-refractivity contribution in [3.05, 3.63) is 52.6 Å². The van der Waals surface area contributed by atoms with Gasteiger partial charge in [-0.15, -0.1) is 13.2 Å². The highest BCUT2D eigenvalue weighted by atomic mass is 35.5. The maximum atomic E-state index is 14.0. The third-order valence-corrected chi connectivity index (χ3v) is 4.34. The second kappa shape index (κ2) is 11.9. The Morgan fingerprint density at radius 2 is 1.59 bits per heavy atom. The van der Waals surface area contributed by atoms with Crippen LogP contribution in [0.3, 0.4) is 0 Å².